The first-order valence-electron chi connectivity index (χ1n) is 5.40. The lowest BCUT2D eigenvalue weighted by Gasteiger charge is -2.47. The van der Waals surface area contributed by atoms with Gasteiger partial charge in [-0.25, -0.2) is 4.79 Å². The summed E-state index contributed by atoms with van der Waals surface area (Å²) in [4.78, 5) is 13.1. The van der Waals surface area contributed by atoms with E-state index in [0.717, 1.165) is 13.1 Å². The average molecular weight is 223 g/mol. The molecule has 1 aromatic heterocycles. The van der Waals surface area contributed by atoms with E-state index < -0.39 is 5.97 Å². The zero-order chi connectivity index (χ0) is 11.9. The number of carbonyl (C=O) groups is 1. The Labute approximate surface area is 94.7 Å². The topological polar surface area (TPSA) is 58.4 Å². The normalized spacial score (nSPS) is 18.4. The Hall–Kier alpha value is -1.36. The van der Waals surface area contributed by atoms with E-state index in [9.17, 15) is 4.79 Å². The summed E-state index contributed by atoms with van der Waals surface area (Å²) in [5.74, 6) is -0.918. The summed E-state index contributed by atoms with van der Waals surface area (Å²) in [5.41, 5.74) is 0.438. The summed E-state index contributed by atoms with van der Waals surface area (Å²) in [6.07, 6.45) is 3.01. The maximum Gasteiger partial charge on any atom is 0.338 e. The van der Waals surface area contributed by atoms with Crippen LogP contribution >= 0.6 is 0 Å². The van der Waals surface area contributed by atoms with Gasteiger partial charge in [0.05, 0.1) is 17.8 Å². The van der Waals surface area contributed by atoms with Crippen molar-refractivity contribution in [2.24, 2.45) is 0 Å². The Bertz CT molecular complexity index is 400. The molecule has 1 aliphatic heterocycles. The van der Waals surface area contributed by atoms with E-state index in [1.165, 1.54) is 6.20 Å². The summed E-state index contributed by atoms with van der Waals surface area (Å²) in [6.45, 7) is 8.40. The second kappa shape index (κ2) is 3.59. The largest absolute Gasteiger partial charge is 0.478 e. The van der Waals surface area contributed by atoms with Gasteiger partial charge in [-0.05, 0) is 20.8 Å². The number of aromatic carboxylic acids is 1. The van der Waals surface area contributed by atoms with Crippen LogP contribution in [0.15, 0.2) is 12.4 Å². The van der Waals surface area contributed by atoms with Gasteiger partial charge in [0, 0.05) is 24.8 Å². The number of rotatable bonds is 2. The van der Waals surface area contributed by atoms with E-state index in [0.29, 0.717) is 6.04 Å². The SMILES string of the molecule is CC(C)(C)N1CC(n2cc(C(=O)O)cn2)C1. The maximum absolute atomic E-state index is 10.7. The molecule has 1 saturated heterocycles. The number of carboxylic acids is 1. The average Bonchev–Trinajstić information content (AvgIpc) is 2.46. The number of likely N-dealkylation sites (tertiary alicyclic amines) is 1. The van der Waals surface area contributed by atoms with E-state index in [1.807, 2.05) is 0 Å². The van der Waals surface area contributed by atoms with Gasteiger partial charge in [-0.3, -0.25) is 9.58 Å². The van der Waals surface area contributed by atoms with Crippen molar-refractivity contribution in [3.63, 3.8) is 0 Å². The zero-order valence-electron chi connectivity index (χ0n) is 9.84. The highest BCUT2D eigenvalue weighted by molar-refractivity contribution is 5.86. The summed E-state index contributed by atoms with van der Waals surface area (Å²) < 4.78 is 1.76. The molecule has 0 spiro atoms. The fourth-order valence-corrected chi connectivity index (χ4v) is 1.82. The lowest BCUT2D eigenvalue weighted by Crippen LogP contribution is -2.56. The molecule has 0 saturated carbocycles. The van der Waals surface area contributed by atoms with Crippen molar-refractivity contribution >= 4 is 5.97 Å². The summed E-state index contributed by atoms with van der Waals surface area (Å²) >= 11 is 0. The second-order valence-corrected chi connectivity index (χ2v) is 5.24. The predicted molar refractivity (Wildman–Crippen MR) is 59.5 cm³/mol. The third-order valence-corrected chi connectivity index (χ3v) is 3.03. The van der Waals surface area contributed by atoms with E-state index in [2.05, 4.69) is 30.8 Å². The van der Waals surface area contributed by atoms with Gasteiger partial charge < -0.3 is 5.11 Å². The molecule has 0 aromatic carbocycles. The van der Waals surface area contributed by atoms with Crippen LogP contribution in [-0.2, 0) is 0 Å². The molecule has 2 rings (SSSR count). The Morgan fingerprint density at radius 2 is 2.12 bits per heavy atom. The molecule has 2 heterocycles. The molecular formula is C11H17N3O2. The molecule has 0 aliphatic carbocycles. The summed E-state index contributed by atoms with van der Waals surface area (Å²) in [6, 6.07) is 0.312. The molecule has 5 heteroatoms. The molecule has 0 unspecified atom stereocenters. The minimum Gasteiger partial charge on any atom is -0.478 e. The van der Waals surface area contributed by atoms with Crippen LogP contribution in [0.25, 0.3) is 0 Å². The first kappa shape index (κ1) is 11.1. The van der Waals surface area contributed by atoms with Gasteiger partial charge in [0.25, 0.3) is 0 Å². The van der Waals surface area contributed by atoms with Crippen LogP contribution in [0, 0.1) is 0 Å². The third kappa shape index (κ3) is 1.95. The van der Waals surface area contributed by atoms with Crippen molar-refractivity contribution in [2.75, 3.05) is 13.1 Å². The van der Waals surface area contributed by atoms with Crippen molar-refractivity contribution in [1.29, 1.82) is 0 Å². The minimum atomic E-state index is -0.918. The van der Waals surface area contributed by atoms with Crippen LogP contribution in [0.5, 0.6) is 0 Å². The Kier molecular flexibility index (Phi) is 2.50. The number of hydrogen-bond acceptors (Lipinski definition) is 3. The minimum absolute atomic E-state index is 0.180. The number of hydrogen-bond donors (Lipinski definition) is 1. The third-order valence-electron chi connectivity index (χ3n) is 3.03. The summed E-state index contributed by atoms with van der Waals surface area (Å²) in [7, 11) is 0. The molecule has 1 aliphatic rings. The molecule has 1 fully saturated rings. The first-order chi connectivity index (χ1) is 7.38. The van der Waals surface area contributed by atoms with Crippen LogP contribution in [0.2, 0.25) is 0 Å². The molecule has 16 heavy (non-hydrogen) atoms. The van der Waals surface area contributed by atoms with E-state index in [4.69, 9.17) is 5.11 Å². The van der Waals surface area contributed by atoms with Crippen molar-refractivity contribution in [3.05, 3.63) is 18.0 Å². The second-order valence-electron chi connectivity index (χ2n) is 5.24. The quantitative estimate of drug-likeness (QED) is 0.819. The van der Waals surface area contributed by atoms with Crippen molar-refractivity contribution < 1.29 is 9.90 Å². The molecule has 0 radical (unpaired) electrons. The van der Waals surface area contributed by atoms with Crippen LogP contribution in [0.4, 0.5) is 0 Å². The zero-order valence-corrected chi connectivity index (χ0v) is 9.84. The lowest BCUT2D eigenvalue weighted by molar-refractivity contribution is 0.0154. The Morgan fingerprint density at radius 3 is 2.56 bits per heavy atom. The van der Waals surface area contributed by atoms with Gasteiger partial charge >= 0.3 is 5.97 Å². The number of aromatic nitrogens is 2. The van der Waals surface area contributed by atoms with Gasteiger partial charge in [-0.1, -0.05) is 0 Å². The van der Waals surface area contributed by atoms with Gasteiger partial charge in [-0.2, -0.15) is 5.10 Å². The van der Waals surface area contributed by atoms with Gasteiger partial charge in [0.15, 0.2) is 0 Å². The number of carboxylic acid groups (broad SMARTS) is 1. The van der Waals surface area contributed by atoms with Crippen molar-refractivity contribution in [3.8, 4) is 0 Å². The Balaban J connectivity index is 1.99. The molecule has 0 amide bonds. The maximum atomic E-state index is 10.7. The molecular weight excluding hydrogens is 206 g/mol. The number of nitrogens with zero attached hydrogens (tertiary/aromatic N) is 3. The highest BCUT2D eigenvalue weighted by Gasteiger charge is 2.35. The standard InChI is InChI=1S/C11H17N3O2/c1-11(2,3)13-6-9(7-13)14-5-8(4-12-14)10(15)16/h4-5,9H,6-7H2,1-3H3,(H,15,16). The first-order valence-corrected chi connectivity index (χ1v) is 5.40. The highest BCUT2D eigenvalue weighted by atomic mass is 16.4. The molecule has 0 bridgehead atoms. The van der Waals surface area contributed by atoms with E-state index in [-0.39, 0.29) is 11.1 Å². The molecule has 1 aromatic rings. The fourth-order valence-electron chi connectivity index (χ4n) is 1.82. The van der Waals surface area contributed by atoms with E-state index in [1.54, 1.807) is 10.9 Å². The van der Waals surface area contributed by atoms with Gasteiger partial charge in [0.2, 0.25) is 0 Å². The van der Waals surface area contributed by atoms with E-state index >= 15 is 0 Å². The van der Waals surface area contributed by atoms with Gasteiger partial charge in [0.1, 0.15) is 0 Å². The Morgan fingerprint density at radius 1 is 1.50 bits per heavy atom. The predicted octanol–water partition coefficient (Wildman–Crippen LogP) is 1.24. The smallest absolute Gasteiger partial charge is 0.338 e. The molecule has 88 valence electrons. The summed E-state index contributed by atoms with van der Waals surface area (Å²) in [5, 5.41) is 12.9. The fraction of sp³-hybridized carbons (Fsp3) is 0.636. The van der Waals surface area contributed by atoms with Crippen LogP contribution < -0.4 is 0 Å². The molecule has 1 N–H and O–H groups in total. The lowest BCUT2D eigenvalue weighted by atomic mass is 9.98. The monoisotopic (exact) mass is 223 g/mol. The van der Waals surface area contributed by atoms with Crippen LogP contribution in [0.3, 0.4) is 0 Å². The van der Waals surface area contributed by atoms with Crippen molar-refractivity contribution in [2.45, 2.75) is 32.4 Å². The molecule has 0 atom stereocenters. The highest BCUT2D eigenvalue weighted by Crippen LogP contribution is 2.28. The van der Waals surface area contributed by atoms with Gasteiger partial charge in [-0.15, -0.1) is 0 Å². The molecule has 5 nitrogen and oxygen atoms in total. The van der Waals surface area contributed by atoms with Crippen molar-refractivity contribution in [1.82, 2.24) is 14.7 Å². The van der Waals surface area contributed by atoms with Crippen LogP contribution in [0.1, 0.15) is 37.2 Å². The van der Waals surface area contributed by atoms with Crippen LogP contribution in [-0.4, -0.2) is 44.4 Å².